The van der Waals surface area contributed by atoms with E-state index < -0.39 is 15.9 Å². The summed E-state index contributed by atoms with van der Waals surface area (Å²) in [6, 6.07) is 9.60. The summed E-state index contributed by atoms with van der Waals surface area (Å²) in [6.45, 7) is 4.33. The number of hydrogen-bond acceptors (Lipinski definition) is 4. The molecule has 0 aliphatic heterocycles. The van der Waals surface area contributed by atoms with E-state index in [9.17, 15) is 13.2 Å². The van der Waals surface area contributed by atoms with E-state index in [0.717, 1.165) is 12.0 Å². The highest BCUT2D eigenvalue weighted by Gasteiger charge is 2.20. The molecule has 0 fully saturated rings. The zero-order valence-electron chi connectivity index (χ0n) is 13.3. The Labute approximate surface area is 136 Å². The molecule has 1 atom stereocenters. The van der Waals surface area contributed by atoms with Crippen LogP contribution in [0.4, 0.5) is 0 Å². The van der Waals surface area contributed by atoms with E-state index in [4.69, 9.17) is 0 Å². The Hall–Kier alpha value is -2.15. The summed E-state index contributed by atoms with van der Waals surface area (Å²) >= 11 is 0. The zero-order valence-corrected chi connectivity index (χ0v) is 14.1. The molecule has 0 aliphatic carbocycles. The number of carbonyl (C=O) groups is 1. The van der Waals surface area contributed by atoms with Crippen LogP contribution in [0, 0.1) is 5.92 Å². The largest absolute Gasteiger partial charge is 0.274 e. The van der Waals surface area contributed by atoms with E-state index in [1.54, 1.807) is 0 Å². The summed E-state index contributed by atoms with van der Waals surface area (Å²) in [7, 11) is -3.87. The molecule has 1 aromatic carbocycles. The Morgan fingerprint density at radius 1 is 1.30 bits per heavy atom. The maximum absolute atomic E-state index is 12.2. The van der Waals surface area contributed by atoms with E-state index >= 15 is 0 Å². The van der Waals surface area contributed by atoms with Crippen molar-refractivity contribution < 1.29 is 13.2 Å². The molecule has 7 heteroatoms. The van der Waals surface area contributed by atoms with Gasteiger partial charge in [-0.05, 0) is 11.5 Å². The lowest BCUT2D eigenvalue weighted by molar-refractivity contribution is -0.120. The van der Waals surface area contributed by atoms with Gasteiger partial charge in [-0.2, -0.15) is 5.10 Å². The molecule has 0 saturated carbocycles. The van der Waals surface area contributed by atoms with Crippen molar-refractivity contribution in [3.8, 4) is 0 Å². The number of amides is 1. The molecule has 1 unspecified atom stereocenters. The van der Waals surface area contributed by atoms with Gasteiger partial charge in [-0.3, -0.25) is 9.48 Å². The minimum Gasteiger partial charge on any atom is -0.274 e. The summed E-state index contributed by atoms with van der Waals surface area (Å²) in [5.74, 6) is -0.346. The van der Waals surface area contributed by atoms with Gasteiger partial charge in [0.15, 0.2) is 0 Å². The van der Waals surface area contributed by atoms with Crippen molar-refractivity contribution in [3.05, 3.63) is 48.3 Å². The van der Waals surface area contributed by atoms with E-state index in [0.29, 0.717) is 6.54 Å². The summed E-state index contributed by atoms with van der Waals surface area (Å²) in [5, 5.41) is 4.05. The van der Waals surface area contributed by atoms with Gasteiger partial charge in [0.25, 0.3) is 10.0 Å². The average Bonchev–Trinajstić information content (AvgIpc) is 2.97. The summed E-state index contributed by atoms with van der Waals surface area (Å²) in [4.78, 5) is 11.8. The Bertz CT molecular complexity index is 754. The first-order valence-corrected chi connectivity index (χ1v) is 9.01. The normalized spacial score (nSPS) is 12.8. The molecular formula is C16H21N3O3S. The molecule has 0 radical (unpaired) electrons. The Morgan fingerprint density at radius 2 is 2.00 bits per heavy atom. The van der Waals surface area contributed by atoms with E-state index in [2.05, 4.69) is 9.82 Å². The van der Waals surface area contributed by atoms with Crippen LogP contribution in [0.15, 0.2) is 47.6 Å². The molecular weight excluding hydrogens is 314 g/mol. The fourth-order valence-electron chi connectivity index (χ4n) is 2.05. The number of carbonyl (C=O) groups excluding carboxylic acids is 1. The number of nitrogens with one attached hydrogen (secondary N) is 1. The molecule has 2 aromatic rings. The minimum atomic E-state index is -3.87. The summed E-state index contributed by atoms with van der Waals surface area (Å²) in [5.41, 5.74) is 1.01. The van der Waals surface area contributed by atoms with E-state index in [-0.39, 0.29) is 17.2 Å². The van der Waals surface area contributed by atoms with Crippen LogP contribution in [0.2, 0.25) is 0 Å². The smallest absolute Gasteiger partial charge is 0.267 e. The van der Waals surface area contributed by atoms with Gasteiger partial charge in [0, 0.05) is 12.6 Å². The van der Waals surface area contributed by atoms with Crippen molar-refractivity contribution >= 4 is 15.9 Å². The third kappa shape index (κ3) is 4.92. The van der Waals surface area contributed by atoms with Gasteiger partial charge in [0.2, 0.25) is 5.91 Å². The SMILES string of the molecule is CCC(C)CC(=O)NS(=O)(=O)c1cnn(Cc2ccccc2)c1. The topological polar surface area (TPSA) is 81.1 Å². The van der Waals surface area contributed by atoms with Crippen LogP contribution in [0.5, 0.6) is 0 Å². The maximum atomic E-state index is 12.2. The zero-order chi connectivity index (χ0) is 16.9. The second-order valence-electron chi connectivity index (χ2n) is 5.61. The van der Waals surface area contributed by atoms with Crippen LogP contribution in [0.1, 0.15) is 32.3 Å². The molecule has 1 aromatic heterocycles. The Morgan fingerprint density at radius 3 is 2.65 bits per heavy atom. The Balaban J connectivity index is 2.05. The van der Waals surface area contributed by atoms with Crippen molar-refractivity contribution in [3.63, 3.8) is 0 Å². The highest BCUT2D eigenvalue weighted by Crippen LogP contribution is 2.11. The number of nitrogens with zero attached hydrogens (tertiary/aromatic N) is 2. The maximum Gasteiger partial charge on any atom is 0.267 e. The van der Waals surface area contributed by atoms with Gasteiger partial charge < -0.3 is 0 Å². The van der Waals surface area contributed by atoms with Gasteiger partial charge in [0.1, 0.15) is 4.90 Å². The summed E-state index contributed by atoms with van der Waals surface area (Å²) < 4.78 is 28.0. The fraction of sp³-hybridized carbons (Fsp3) is 0.375. The van der Waals surface area contributed by atoms with Crippen LogP contribution >= 0.6 is 0 Å². The van der Waals surface area contributed by atoms with Crippen LogP contribution in [0.25, 0.3) is 0 Å². The first-order chi connectivity index (χ1) is 10.9. The van der Waals surface area contributed by atoms with Crippen molar-refractivity contribution in [2.45, 2.75) is 38.1 Å². The molecule has 23 heavy (non-hydrogen) atoms. The second-order valence-corrected chi connectivity index (χ2v) is 7.29. The van der Waals surface area contributed by atoms with Gasteiger partial charge in [0.05, 0.1) is 12.7 Å². The molecule has 0 spiro atoms. The molecule has 2 rings (SSSR count). The quantitative estimate of drug-likeness (QED) is 0.841. The van der Waals surface area contributed by atoms with Crippen LogP contribution < -0.4 is 4.72 Å². The van der Waals surface area contributed by atoms with Crippen LogP contribution in [0.3, 0.4) is 0 Å². The fourth-order valence-corrected chi connectivity index (χ4v) is 3.00. The number of aromatic nitrogens is 2. The Kier molecular flexibility index (Phi) is 5.54. The average molecular weight is 335 g/mol. The van der Waals surface area contributed by atoms with Crippen molar-refractivity contribution in [2.75, 3.05) is 0 Å². The van der Waals surface area contributed by atoms with Gasteiger partial charge in [-0.1, -0.05) is 50.6 Å². The molecule has 124 valence electrons. The number of rotatable bonds is 7. The van der Waals surface area contributed by atoms with Crippen LogP contribution in [-0.2, 0) is 21.4 Å². The molecule has 1 N–H and O–H groups in total. The van der Waals surface area contributed by atoms with E-state index in [1.807, 2.05) is 44.2 Å². The third-order valence-corrected chi connectivity index (χ3v) is 4.91. The highest BCUT2D eigenvalue weighted by atomic mass is 32.2. The molecule has 0 aliphatic rings. The first-order valence-electron chi connectivity index (χ1n) is 7.52. The lowest BCUT2D eigenvalue weighted by Crippen LogP contribution is -2.31. The van der Waals surface area contributed by atoms with Crippen molar-refractivity contribution in [1.29, 1.82) is 0 Å². The minimum absolute atomic E-state index is 0.00840. The van der Waals surface area contributed by atoms with Crippen molar-refractivity contribution in [2.24, 2.45) is 5.92 Å². The second kappa shape index (κ2) is 7.41. The van der Waals surface area contributed by atoms with Crippen molar-refractivity contribution in [1.82, 2.24) is 14.5 Å². The predicted molar refractivity (Wildman–Crippen MR) is 87.2 cm³/mol. The van der Waals surface area contributed by atoms with Gasteiger partial charge in [-0.25, -0.2) is 13.1 Å². The van der Waals surface area contributed by atoms with Crippen LogP contribution in [-0.4, -0.2) is 24.1 Å². The lowest BCUT2D eigenvalue weighted by atomic mass is 10.1. The molecule has 6 nitrogen and oxygen atoms in total. The molecule has 1 heterocycles. The van der Waals surface area contributed by atoms with E-state index in [1.165, 1.54) is 17.1 Å². The monoisotopic (exact) mass is 335 g/mol. The molecule has 0 saturated heterocycles. The number of hydrogen-bond donors (Lipinski definition) is 1. The predicted octanol–water partition coefficient (Wildman–Crippen LogP) is 2.17. The number of sulfonamides is 1. The molecule has 1 amide bonds. The molecule has 0 bridgehead atoms. The van der Waals surface area contributed by atoms with Gasteiger partial charge >= 0.3 is 0 Å². The highest BCUT2D eigenvalue weighted by molar-refractivity contribution is 7.90. The first kappa shape index (κ1) is 17.2. The summed E-state index contributed by atoms with van der Waals surface area (Å²) in [6.07, 6.45) is 3.68. The standard InChI is InChI=1S/C16H21N3O3S/c1-3-13(2)9-16(20)18-23(21,22)15-10-17-19(12-15)11-14-7-5-4-6-8-14/h4-8,10,12-13H,3,9,11H2,1-2H3,(H,18,20). The third-order valence-electron chi connectivity index (χ3n) is 3.59. The van der Waals surface area contributed by atoms with Gasteiger partial charge in [-0.15, -0.1) is 0 Å². The lowest BCUT2D eigenvalue weighted by Gasteiger charge is -2.08. The number of benzene rings is 1.